The number of rotatable bonds is 6. The average Bonchev–Trinajstić information content (AvgIpc) is 2.36. The topological polar surface area (TPSA) is 24.7 Å². The van der Waals surface area contributed by atoms with Crippen LogP contribution >= 0.6 is 14.1 Å². The quantitative estimate of drug-likeness (QED) is 0.253. The Balaban J connectivity index is 6.73. The summed E-state index contributed by atoms with van der Waals surface area (Å²) in [6.45, 7) is 44.2. The summed E-state index contributed by atoms with van der Waals surface area (Å²) in [4.78, 5) is 0. The van der Waals surface area contributed by atoms with Crippen LogP contribution in [0.3, 0.4) is 0 Å². The maximum absolute atomic E-state index is 5.84. The minimum absolute atomic E-state index is 0.242. The zero-order chi connectivity index (χ0) is 25.5. The van der Waals surface area contributed by atoms with Crippen LogP contribution in [0.1, 0.15) is 89.5 Å². The van der Waals surface area contributed by atoms with Crippen LogP contribution in [-0.4, -0.2) is 49.4 Å². The van der Waals surface area contributed by atoms with E-state index in [1.54, 1.807) is 0 Å². The second-order valence-corrected chi connectivity index (χ2v) is 35.2. The first-order valence-electron chi connectivity index (χ1n) is 12.4. The van der Waals surface area contributed by atoms with Crippen LogP contribution < -0.4 is 0 Å². The number of nitrogens with zero attached hydrogens (tertiary/aromatic N) is 2. The molecular formula is C25H60N2P2Si2. The van der Waals surface area contributed by atoms with E-state index in [0.29, 0.717) is 0 Å². The molecule has 0 radical (unpaired) electrons. The summed E-state index contributed by atoms with van der Waals surface area (Å²) in [5.41, 5.74) is 0. The molecule has 6 heteroatoms. The Morgan fingerprint density at radius 3 is 0.774 bits per heavy atom. The van der Waals surface area contributed by atoms with Crippen molar-refractivity contribution in [3.05, 3.63) is 0 Å². The van der Waals surface area contributed by atoms with E-state index in [9.17, 15) is 0 Å². The van der Waals surface area contributed by atoms with Gasteiger partial charge in [0.15, 0.2) is 16.5 Å². The molecule has 0 rings (SSSR count). The molecule has 0 aliphatic rings. The van der Waals surface area contributed by atoms with Crippen molar-refractivity contribution in [3.63, 3.8) is 0 Å². The van der Waals surface area contributed by atoms with Crippen LogP contribution in [0.5, 0.6) is 0 Å². The van der Waals surface area contributed by atoms with E-state index in [4.69, 9.17) is 8.82 Å². The van der Waals surface area contributed by atoms with Crippen molar-refractivity contribution in [2.24, 2.45) is 8.82 Å². The van der Waals surface area contributed by atoms with Crippen LogP contribution in [0.25, 0.3) is 0 Å². The fourth-order valence-electron chi connectivity index (χ4n) is 5.61. The summed E-state index contributed by atoms with van der Waals surface area (Å²) in [5.74, 6) is 0. The van der Waals surface area contributed by atoms with Crippen LogP contribution in [-0.2, 0) is 0 Å². The van der Waals surface area contributed by atoms with Gasteiger partial charge in [-0.05, 0) is 53.5 Å². The Morgan fingerprint density at radius 1 is 0.452 bits per heavy atom. The van der Waals surface area contributed by atoms with Crippen LogP contribution in [0, 0.1) is 0 Å². The lowest BCUT2D eigenvalue weighted by atomic mass is 10.2. The van der Waals surface area contributed by atoms with Gasteiger partial charge in [-0.15, -0.1) is 0 Å². The average molecular weight is 507 g/mol. The Hall–Kier alpha value is 0.894. The van der Waals surface area contributed by atoms with Crippen molar-refractivity contribution in [1.29, 1.82) is 0 Å². The highest BCUT2D eigenvalue weighted by molar-refractivity contribution is 7.71. The Morgan fingerprint density at radius 2 is 0.645 bits per heavy atom. The van der Waals surface area contributed by atoms with Crippen LogP contribution in [0.15, 0.2) is 8.82 Å². The van der Waals surface area contributed by atoms with Gasteiger partial charge in [-0.2, -0.15) is 0 Å². The second kappa shape index (κ2) is 9.51. The van der Waals surface area contributed by atoms with Gasteiger partial charge >= 0.3 is 0 Å². The van der Waals surface area contributed by atoms with Crippen molar-refractivity contribution in [2.75, 3.05) is 12.3 Å². The van der Waals surface area contributed by atoms with Gasteiger partial charge in [0.2, 0.25) is 0 Å². The normalized spacial score (nSPS) is 15.8. The largest absolute Gasteiger partial charge is 0.337 e. The molecule has 0 aromatic heterocycles. The molecule has 0 atom stereocenters. The highest BCUT2D eigenvalue weighted by atomic mass is 31.2. The molecule has 0 aliphatic heterocycles. The predicted octanol–water partition coefficient (Wildman–Crippen LogP) is 10.6. The van der Waals surface area contributed by atoms with Gasteiger partial charge in [-0.1, -0.05) is 122 Å². The lowest BCUT2D eigenvalue weighted by Crippen LogP contribution is -2.36. The maximum atomic E-state index is 5.84. The summed E-state index contributed by atoms with van der Waals surface area (Å²) >= 11 is 0. The highest BCUT2D eigenvalue weighted by Gasteiger charge is 2.47. The summed E-state index contributed by atoms with van der Waals surface area (Å²) in [5, 5.41) is 0.968. The Labute approximate surface area is 200 Å². The van der Waals surface area contributed by atoms with Gasteiger partial charge in [0, 0.05) is 0 Å². The van der Waals surface area contributed by atoms with E-state index in [2.05, 4.69) is 122 Å². The lowest BCUT2D eigenvalue weighted by molar-refractivity contribution is 0.680. The highest BCUT2D eigenvalue weighted by Crippen LogP contribution is 2.73. The van der Waals surface area contributed by atoms with Gasteiger partial charge < -0.3 is 8.82 Å². The molecule has 0 saturated heterocycles. The Bertz CT molecular complexity index is 614. The van der Waals surface area contributed by atoms with Gasteiger partial charge in [-0.25, -0.2) is 0 Å². The third-order valence-electron chi connectivity index (χ3n) is 6.34. The molecule has 0 aromatic carbocycles. The van der Waals surface area contributed by atoms with Gasteiger partial charge in [0.1, 0.15) is 0 Å². The standard InChI is InChI=1S/C25H60N2P2Si2/c1-22(2,3)28(23(4,5)6,26-30(13,14)15)20-19-21-29(24(7,8)9,25(10,11)12)27-31(16,17)18/h19-21H2,1-18H3. The summed E-state index contributed by atoms with van der Waals surface area (Å²) in [6.07, 6.45) is 3.82. The second-order valence-electron chi connectivity index (χ2n) is 15.6. The van der Waals surface area contributed by atoms with Gasteiger partial charge in [0.25, 0.3) is 0 Å². The molecule has 0 heterocycles. The smallest absolute Gasteiger partial charge is 0.170 e. The molecule has 2 nitrogen and oxygen atoms in total. The first-order valence-corrected chi connectivity index (χ1v) is 23.1. The van der Waals surface area contributed by atoms with Gasteiger partial charge in [0.05, 0.1) is 0 Å². The minimum Gasteiger partial charge on any atom is -0.337 e. The molecule has 188 valence electrons. The zero-order valence-corrected chi connectivity index (χ0v) is 28.7. The van der Waals surface area contributed by atoms with Crippen molar-refractivity contribution in [2.45, 2.75) is 149 Å². The molecule has 0 fully saturated rings. The first-order chi connectivity index (χ1) is 13.1. The van der Waals surface area contributed by atoms with E-state index in [-0.39, 0.29) is 20.6 Å². The minimum atomic E-state index is -1.55. The molecule has 0 unspecified atom stereocenters. The van der Waals surface area contributed by atoms with Crippen molar-refractivity contribution in [3.8, 4) is 0 Å². The molecule has 0 N–H and O–H groups in total. The first kappa shape index (κ1) is 31.9. The van der Waals surface area contributed by atoms with Crippen molar-refractivity contribution < 1.29 is 0 Å². The van der Waals surface area contributed by atoms with E-state index in [0.717, 1.165) is 0 Å². The SMILES string of the molecule is CC(C)(C)P(CCCP(=N[Si](C)(C)C)(C(C)(C)C)C(C)(C)C)(=N[Si](C)(C)C)C(C)(C)C. The molecule has 0 saturated carbocycles. The molecule has 0 bridgehead atoms. The fraction of sp³-hybridized carbons (Fsp3) is 1.00. The van der Waals surface area contributed by atoms with E-state index >= 15 is 0 Å². The van der Waals surface area contributed by atoms with Crippen molar-refractivity contribution >= 4 is 30.6 Å². The molecule has 31 heavy (non-hydrogen) atoms. The molecule has 0 spiro atoms. The number of hydrogen-bond acceptors (Lipinski definition) is 2. The summed E-state index contributed by atoms with van der Waals surface area (Å²) in [6, 6.07) is 0. The van der Waals surface area contributed by atoms with Gasteiger partial charge in [-0.3, -0.25) is 0 Å². The molecular weight excluding hydrogens is 446 g/mol. The molecule has 0 amide bonds. The van der Waals surface area contributed by atoms with E-state index in [1.807, 2.05) is 0 Å². The maximum Gasteiger partial charge on any atom is 0.170 e. The van der Waals surface area contributed by atoms with E-state index in [1.165, 1.54) is 18.7 Å². The summed E-state index contributed by atoms with van der Waals surface area (Å²) in [7, 11) is -6.21. The van der Waals surface area contributed by atoms with Crippen LogP contribution in [0.2, 0.25) is 39.3 Å². The number of hydrogen-bond donors (Lipinski definition) is 0. The van der Waals surface area contributed by atoms with Crippen molar-refractivity contribution in [1.82, 2.24) is 0 Å². The Kier molecular flexibility index (Phi) is 9.78. The molecule has 0 aliphatic carbocycles. The predicted molar refractivity (Wildman–Crippen MR) is 159 cm³/mol. The fourth-order valence-corrected chi connectivity index (χ4v) is 27.6. The lowest BCUT2D eigenvalue weighted by Gasteiger charge is -2.51. The zero-order valence-electron chi connectivity index (χ0n) is 24.9. The third kappa shape index (κ3) is 7.97. The van der Waals surface area contributed by atoms with E-state index < -0.39 is 30.6 Å². The molecule has 0 aromatic rings. The van der Waals surface area contributed by atoms with Crippen LogP contribution in [0.4, 0.5) is 0 Å². The third-order valence-corrected chi connectivity index (χ3v) is 24.7. The monoisotopic (exact) mass is 506 g/mol. The summed E-state index contributed by atoms with van der Waals surface area (Å²) < 4.78 is 11.7.